The molecular formula is C22H29N3O3. The Balaban J connectivity index is 1.57. The van der Waals surface area contributed by atoms with Gasteiger partial charge < -0.3 is 24.6 Å². The largest absolute Gasteiger partial charge is 0.497 e. The Hall–Kier alpha value is -2.89. The van der Waals surface area contributed by atoms with Crippen LogP contribution in [0.25, 0.3) is 0 Å². The molecule has 0 aromatic heterocycles. The second-order valence-electron chi connectivity index (χ2n) is 7.09. The van der Waals surface area contributed by atoms with Gasteiger partial charge in [0.1, 0.15) is 11.5 Å². The summed E-state index contributed by atoms with van der Waals surface area (Å²) in [5.41, 5.74) is 3.29. The summed E-state index contributed by atoms with van der Waals surface area (Å²) in [5.74, 6) is 1.64. The highest BCUT2D eigenvalue weighted by atomic mass is 16.5. The second kappa shape index (κ2) is 8.87. The van der Waals surface area contributed by atoms with Crippen LogP contribution in [0.3, 0.4) is 0 Å². The molecule has 1 heterocycles. The molecule has 6 nitrogen and oxygen atoms in total. The van der Waals surface area contributed by atoms with E-state index in [0.29, 0.717) is 13.1 Å². The van der Waals surface area contributed by atoms with Crippen LogP contribution < -0.4 is 19.7 Å². The Bertz CT molecular complexity index is 799. The number of carbonyl (C=O) groups excluding carboxylic acids is 1. The Kier molecular flexibility index (Phi) is 6.29. The molecule has 3 rings (SSSR count). The lowest BCUT2D eigenvalue weighted by atomic mass is 10.0. The number of nitrogens with one attached hydrogen (secondary N) is 1. The predicted octanol–water partition coefficient (Wildman–Crippen LogP) is 3.61. The average molecular weight is 383 g/mol. The quantitative estimate of drug-likeness (QED) is 0.857. The molecular weight excluding hydrogens is 354 g/mol. The topological polar surface area (TPSA) is 54.0 Å². The molecule has 1 aliphatic rings. The molecule has 2 aromatic rings. The van der Waals surface area contributed by atoms with E-state index in [0.717, 1.165) is 41.4 Å². The van der Waals surface area contributed by atoms with Gasteiger partial charge >= 0.3 is 6.03 Å². The number of hydrogen-bond donors (Lipinski definition) is 1. The highest BCUT2D eigenvalue weighted by Gasteiger charge is 2.23. The van der Waals surface area contributed by atoms with Crippen LogP contribution in [0.4, 0.5) is 10.5 Å². The number of piperazine rings is 1. The molecule has 2 aromatic carbocycles. The van der Waals surface area contributed by atoms with E-state index in [1.165, 1.54) is 0 Å². The Morgan fingerprint density at radius 3 is 2.29 bits per heavy atom. The third kappa shape index (κ3) is 4.50. The maximum atomic E-state index is 12.7. The smallest absolute Gasteiger partial charge is 0.317 e. The van der Waals surface area contributed by atoms with Gasteiger partial charge in [-0.15, -0.1) is 0 Å². The van der Waals surface area contributed by atoms with Crippen LogP contribution in [0.2, 0.25) is 0 Å². The molecule has 1 fully saturated rings. The molecule has 1 saturated heterocycles. The summed E-state index contributed by atoms with van der Waals surface area (Å²) in [4.78, 5) is 16.9. The van der Waals surface area contributed by atoms with Crippen molar-refractivity contribution in [2.75, 3.05) is 45.3 Å². The molecule has 1 N–H and O–H groups in total. The molecule has 0 saturated carbocycles. The highest BCUT2D eigenvalue weighted by molar-refractivity contribution is 5.75. The molecule has 0 bridgehead atoms. The van der Waals surface area contributed by atoms with Gasteiger partial charge in [0.15, 0.2) is 0 Å². The Morgan fingerprint density at radius 2 is 1.68 bits per heavy atom. The number of anilines is 1. The number of aryl methyl sites for hydroxylation is 1. The lowest BCUT2D eigenvalue weighted by Crippen LogP contribution is -2.52. The first-order valence-corrected chi connectivity index (χ1v) is 9.61. The number of urea groups is 1. The fourth-order valence-corrected chi connectivity index (χ4v) is 3.51. The SMILES string of the molecule is COc1ccc(N2CCN(C(=O)NC(C)c3cc(C)ccc3OC)CC2)cc1. The summed E-state index contributed by atoms with van der Waals surface area (Å²) < 4.78 is 10.7. The van der Waals surface area contributed by atoms with Gasteiger partial charge in [-0.05, 0) is 44.2 Å². The van der Waals surface area contributed by atoms with Gasteiger partial charge in [-0.1, -0.05) is 17.7 Å². The van der Waals surface area contributed by atoms with E-state index in [2.05, 4.69) is 28.4 Å². The number of nitrogens with zero attached hydrogens (tertiary/aromatic N) is 2. The zero-order valence-corrected chi connectivity index (χ0v) is 17.1. The Labute approximate surface area is 167 Å². The fourth-order valence-electron chi connectivity index (χ4n) is 3.51. The third-order valence-corrected chi connectivity index (χ3v) is 5.20. The van der Waals surface area contributed by atoms with Gasteiger partial charge in [0.25, 0.3) is 0 Å². The third-order valence-electron chi connectivity index (χ3n) is 5.20. The predicted molar refractivity (Wildman–Crippen MR) is 111 cm³/mol. The molecule has 1 unspecified atom stereocenters. The van der Waals surface area contributed by atoms with Crippen LogP contribution in [0.5, 0.6) is 11.5 Å². The maximum Gasteiger partial charge on any atom is 0.317 e. The number of rotatable bonds is 5. The lowest BCUT2D eigenvalue weighted by molar-refractivity contribution is 0.191. The van der Waals surface area contributed by atoms with Gasteiger partial charge in [-0.25, -0.2) is 4.79 Å². The highest BCUT2D eigenvalue weighted by Crippen LogP contribution is 2.26. The van der Waals surface area contributed by atoms with Crippen LogP contribution in [0.15, 0.2) is 42.5 Å². The van der Waals surface area contributed by atoms with Crippen molar-refractivity contribution in [3.63, 3.8) is 0 Å². The van der Waals surface area contributed by atoms with E-state index in [9.17, 15) is 4.79 Å². The zero-order chi connectivity index (χ0) is 20.1. The van der Waals surface area contributed by atoms with Gasteiger partial charge in [0.05, 0.1) is 20.3 Å². The molecule has 28 heavy (non-hydrogen) atoms. The monoisotopic (exact) mass is 383 g/mol. The number of ether oxygens (including phenoxy) is 2. The minimum atomic E-state index is -0.123. The average Bonchev–Trinajstić information content (AvgIpc) is 2.73. The van der Waals surface area contributed by atoms with E-state index in [1.54, 1.807) is 14.2 Å². The van der Waals surface area contributed by atoms with E-state index in [-0.39, 0.29) is 12.1 Å². The molecule has 0 aliphatic carbocycles. The standard InChI is InChI=1S/C22H29N3O3/c1-16-5-10-21(28-4)20(15-16)17(2)23-22(26)25-13-11-24(12-14-25)18-6-8-19(27-3)9-7-18/h5-10,15,17H,11-14H2,1-4H3,(H,23,26). The van der Waals surface area contributed by atoms with Crippen molar-refractivity contribution in [3.05, 3.63) is 53.6 Å². The zero-order valence-electron chi connectivity index (χ0n) is 17.1. The number of hydrogen-bond acceptors (Lipinski definition) is 4. The van der Waals surface area contributed by atoms with Crippen molar-refractivity contribution in [2.24, 2.45) is 0 Å². The summed E-state index contributed by atoms with van der Waals surface area (Å²) in [6, 6.07) is 13.9. The van der Waals surface area contributed by atoms with Gasteiger partial charge in [0.2, 0.25) is 0 Å². The van der Waals surface area contributed by atoms with Gasteiger partial charge in [-0.2, -0.15) is 0 Å². The summed E-state index contributed by atoms with van der Waals surface area (Å²) in [6.45, 7) is 7.02. The number of amides is 2. The number of carbonyl (C=O) groups is 1. The minimum Gasteiger partial charge on any atom is -0.497 e. The van der Waals surface area contributed by atoms with E-state index < -0.39 is 0 Å². The molecule has 0 spiro atoms. The van der Waals surface area contributed by atoms with Crippen LogP contribution in [0, 0.1) is 6.92 Å². The van der Waals surface area contributed by atoms with E-state index in [1.807, 2.05) is 43.0 Å². The first-order valence-electron chi connectivity index (χ1n) is 9.61. The van der Waals surface area contributed by atoms with Crippen LogP contribution >= 0.6 is 0 Å². The summed E-state index contributed by atoms with van der Waals surface area (Å²) >= 11 is 0. The van der Waals surface area contributed by atoms with Gasteiger partial charge in [0, 0.05) is 37.4 Å². The summed E-state index contributed by atoms with van der Waals surface area (Å²) in [6.07, 6.45) is 0. The lowest BCUT2D eigenvalue weighted by Gasteiger charge is -2.36. The molecule has 1 aliphatic heterocycles. The Morgan fingerprint density at radius 1 is 1.00 bits per heavy atom. The van der Waals surface area contributed by atoms with Gasteiger partial charge in [-0.3, -0.25) is 0 Å². The molecule has 1 atom stereocenters. The molecule has 6 heteroatoms. The summed E-state index contributed by atoms with van der Waals surface area (Å²) in [5, 5.41) is 3.11. The maximum absolute atomic E-state index is 12.7. The number of benzene rings is 2. The fraction of sp³-hybridized carbons (Fsp3) is 0.409. The van der Waals surface area contributed by atoms with Crippen molar-refractivity contribution in [1.29, 1.82) is 0 Å². The van der Waals surface area contributed by atoms with Crippen molar-refractivity contribution >= 4 is 11.7 Å². The van der Waals surface area contributed by atoms with Crippen LogP contribution in [-0.2, 0) is 0 Å². The van der Waals surface area contributed by atoms with Crippen molar-refractivity contribution in [1.82, 2.24) is 10.2 Å². The van der Waals surface area contributed by atoms with E-state index >= 15 is 0 Å². The second-order valence-corrected chi connectivity index (χ2v) is 7.09. The normalized spacial score (nSPS) is 15.1. The molecule has 0 radical (unpaired) electrons. The molecule has 2 amide bonds. The summed E-state index contributed by atoms with van der Waals surface area (Å²) in [7, 11) is 3.32. The van der Waals surface area contributed by atoms with Crippen LogP contribution in [0.1, 0.15) is 24.1 Å². The van der Waals surface area contributed by atoms with Crippen molar-refractivity contribution < 1.29 is 14.3 Å². The minimum absolute atomic E-state index is 0.0366. The van der Waals surface area contributed by atoms with Crippen molar-refractivity contribution in [2.45, 2.75) is 19.9 Å². The first kappa shape index (κ1) is 19.9. The van der Waals surface area contributed by atoms with E-state index in [4.69, 9.17) is 9.47 Å². The van der Waals surface area contributed by atoms with Crippen LogP contribution in [-0.4, -0.2) is 51.3 Å². The molecule has 150 valence electrons. The number of methoxy groups -OCH3 is 2. The first-order chi connectivity index (χ1) is 13.5. The van der Waals surface area contributed by atoms with Crippen molar-refractivity contribution in [3.8, 4) is 11.5 Å².